The standard InChI is InChI=1S/C35H32N2O5S/c1-35(2)37(31(38)27-16-10-5-11-17-27)30-32(39)36(33(30)43-35)29(34(40)42-23-25-14-8-4-9-15-25)26-18-20-28(21-19-26)41-22-24-12-6-3-7-13-24/h3-21,29-30,33H,22-23H2,1-2H3. The van der Waals surface area contributed by atoms with Gasteiger partial charge in [-0.15, -0.1) is 11.8 Å². The van der Waals surface area contributed by atoms with Crippen LogP contribution in [0.15, 0.2) is 115 Å². The highest BCUT2D eigenvalue weighted by molar-refractivity contribution is 8.01. The average Bonchev–Trinajstić information content (AvgIpc) is 3.29. The highest BCUT2D eigenvalue weighted by atomic mass is 32.2. The SMILES string of the molecule is CC1(C)SC2C(C(=O)N2C(C(=O)OCc2ccccc2)c2ccc(OCc3ccccc3)cc2)N1C(=O)c1ccccc1. The second-order valence-electron chi connectivity index (χ2n) is 11.0. The van der Waals surface area contributed by atoms with Gasteiger partial charge in [-0.1, -0.05) is 91.0 Å². The van der Waals surface area contributed by atoms with Crippen LogP contribution in [0.5, 0.6) is 5.75 Å². The molecule has 0 bridgehead atoms. The lowest BCUT2D eigenvalue weighted by Gasteiger charge is -2.48. The summed E-state index contributed by atoms with van der Waals surface area (Å²) in [5.74, 6) is -0.368. The van der Waals surface area contributed by atoms with Crippen molar-refractivity contribution < 1.29 is 23.9 Å². The molecule has 3 atom stereocenters. The third kappa shape index (κ3) is 5.75. The number of nitrogens with zero attached hydrogens (tertiary/aromatic N) is 2. The van der Waals surface area contributed by atoms with Crippen molar-refractivity contribution in [3.05, 3.63) is 138 Å². The number of carbonyl (C=O) groups is 3. The minimum Gasteiger partial charge on any atom is -0.489 e. The van der Waals surface area contributed by atoms with E-state index in [1.54, 1.807) is 46.2 Å². The molecule has 3 unspecified atom stereocenters. The Morgan fingerprint density at radius 2 is 1.35 bits per heavy atom. The number of hydrogen-bond donors (Lipinski definition) is 0. The van der Waals surface area contributed by atoms with Gasteiger partial charge in [-0.05, 0) is 54.8 Å². The Bertz CT molecular complexity index is 1600. The van der Waals surface area contributed by atoms with Crippen molar-refractivity contribution in [1.29, 1.82) is 0 Å². The predicted octanol–water partition coefficient (Wildman–Crippen LogP) is 6.21. The third-order valence-electron chi connectivity index (χ3n) is 7.73. The summed E-state index contributed by atoms with van der Waals surface area (Å²) >= 11 is 1.50. The number of amides is 2. The number of ether oxygens (including phenoxy) is 2. The Morgan fingerprint density at radius 3 is 1.95 bits per heavy atom. The largest absolute Gasteiger partial charge is 0.489 e. The molecule has 2 aliphatic rings. The number of thioether (sulfide) groups is 1. The highest BCUT2D eigenvalue weighted by Gasteiger charge is 2.65. The lowest BCUT2D eigenvalue weighted by molar-refractivity contribution is -0.168. The number of carbonyl (C=O) groups excluding carboxylic acids is 3. The molecule has 2 heterocycles. The highest BCUT2D eigenvalue weighted by Crippen LogP contribution is 2.54. The summed E-state index contributed by atoms with van der Waals surface area (Å²) in [7, 11) is 0. The van der Waals surface area contributed by atoms with Crippen molar-refractivity contribution in [2.24, 2.45) is 0 Å². The zero-order valence-electron chi connectivity index (χ0n) is 24.0. The van der Waals surface area contributed by atoms with Crippen LogP contribution in [0.3, 0.4) is 0 Å². The molecule has 2 fully saturated rings. The average molecular weight is 593 g/mol. The minimum atomic E-state index is -0.976. The monoisotopic (exact) mass is 592 g/mol. The fraction of sp³-hybridized carbons (Fsp3) is 0.229. The smallest absolute Gasteiger partial charge is 0.333 e. The number of β-lactam (4-membered cyclic amide) rings is 1. The summed E-state index contributed by atoms with van der Waals surface area (Å²) in [6.07, 6.45) is 0. The second-order valence-corrected chi connectivity index (χ2v) is 12.7. The predicted molar refractivity (Wildman–Crippen MR) is 165 cm³/mol. The quantitative estimate of drug-likeness (QED) is 0.170. The number of benzene rings is 4. The third-order valence-corrected chi connectivity index (χ3v) is 9.23. The molecule has 7 nitrogen and oxygen atoms in total. The first-order chi connectivity index (χ1) is 20.8. The summed E-state index contributed by atoms with van der Waals surface area (Å²) in [6.45, 7) is 4.36. The van der Waals surface area contributed by atoms with Gasteiger partial charge in [-0.2, -0.15) is 0 Å². The lowest BCUT2D eigenvalue weighted by Crippen LogP contribution is -2.68. The minimum absolute atomic E-state index is 0.0851. The van der Waals surface area contributed by atoms with E-state index in [9.17, 15) is 14.4 Å². The molecule has 2 aliphatic heterocycles. The van der Waals surface area contributed by atoms with E-state index in [1.807, 2.05) is 92.7 Å². The molecule has 218 valence electrons. The van der Waals surface area contributed by atoms with Crippen LogP contribution in [-0.2, 0) is 27.5 Å². The van der Waals surface area contributed by atoms with E-state index >= 15 is 0 Å². The number of esters is 1. The molecule has 2 amide bonds. The molecule has 2 saturated heterocycles. The fourth-order valence-corrected chi connectivity index (χ4v) is 7.19. The fourth-order valence-electron chi connectivity index (χ4n) is 5.59. The van der Waals surface area contributed by atoms with E-state index in [1.165, 1.54) is 11.8 Å². The van der Waals surface area contributed by atoms with Gasteiger partial charge < -0.3 is 19.3 Å². The van der Waals surface area contributed by atoms with Gasteiger partial charge >= 0.3 is 5.97 Å². The number of rotatable bonds is 9. The summed E-state index contributed by atoms with van der Waals surface area (Å²) < 4.78 is 11.7. The van der Waals surface area contributed by atoms with Crippen molar-refractivity contribution in [2.75, 3.05) is 0 Å². The van der Waals surface area contributed by atoms with Crippen molar-refractivity contribution in [2.45, 2.75) is 49.4 Å². The van der Waals surface area contributed by atoms with Crippen LogP contribution < -0.4 is 4.74 Å². The second kappa shape index (κ2) is 12.0. The summed E-state index contributed by atoms with van der Waals surface area (Å²) in [4.78, 5) is 43.8. The summed E-state index contributed by atoms with van der Waals surface area (Å²) in [5.41, 5.74) is 3.03. The first-order valence-corrected chi connectivity index (χ1v) is 15.1. The Kier molecular flexibility index (Phi) is 7.95. The molecule has 0 radical (unpaired) electrons. The molecule has 8 heteroatoms. The maximum absolute atomic E-state index is 13.9. The van der Waals surface area contributed by atoms with Crippen LogP contribution in [0.1, 0.15) is 46.9 Å². The van der Waals surface area contributed by atoms with Crippen LogP contribution in [0.4, 0.5) is 0 Å². The van der Waals surface area contributed by atoms with Crippen LogP contribution in [0.25, 0.3) is 0 Å². The van der Waals surface area contributed by atoms with E-state index in [0.29, 0.717) is 23.5 Å². The summed E-state index contributed by atoms with van der Waals surface area (Å²) in [6, 6.07) is 33.8. The van der Waals surface area contributed by atoms with Crippen LogP contribution in [0, 0.1) is 0 Å². The summed E-state index contributed by atoms with van der Waals surface area (Å²) in [5, 5.41) is -0.404. The van der Waals surface area contributed by atoms with E-state index in [0.717, 1.165) is 11.1 Å². The topological polar surface area (TPSA) is 76.2 Å². The van der Waals surface area contributed by atoms with Gasteiger partial charge in [0.05, 0.1) is 4.87 Å². The first-order valence-electron chi connectivity index (χ1n) is 14.2. The van der Waals surface area contributed by atoms with Crippen LogP contribution >= 0.6 is 11.8 Å². The van der Waals surface area contributed by atoms with Gasteiger partial charge in [0, 0.05) is 5.56 Å². The maximum atomic E-state index is 13.9. The number of likely N-dealkylation sites (tertiary alicyclic amines) is 1. The first kappa shape index (κ1) is 28.6. The molecular weight excluding hydrogens is 560 g/mol. The van der Waals surface area contributed by atoms with Gasteiger partial charge in [-0.25, -0.2) is 4.79 Å². The van der Waals surface area contributed by atoms with Crippen molar-refractivity contribution >= 4 is 29.5 Å². The van der Waals surface area contributed by atoms with Gasteiger partial charge in [0.25, 0.3) is 5.91 Å². The van der Waals surface area contributed by atoms with Gasteiger partial charge in [0.2, 0.25) is 5.91 Å². The van der Waals surface area contributed by atoms with Crippen molar-refractivity contribution in [3.8, 4) is 5.75 Å². The molecule has 6 rings (SSSR count). The van der Waals surface area contributed by atoms with Crippen molar-refractivity contribution in [1.82, 2.24) is 9.80 Å². The molecule has 0 saturated carbocycles. The number of fused-ring (bicyclic) bond motifs is 1. The van der Waals surface area contributed by atoms with E-state index in [-0.39, 0.29) is 18.4 Å². The van der Waals surface area contributed by atoms with Crippen LogP contribution in [-0.4, -0.2) is 43.9 Å². The van der Waals surface area contributed by atoms with E-state index in [4.69, 9.17) is 9.47 Å². The molecule has 0 aromatic heterocycles. The van der Waals surface area contributed by atoms with E-state index in [2.05, 4.69) is 0 Å². The molecule has 0 N–H and O–H groups in total. The molecule has 43 heavy (non-hydrogen) atoms. The molecular formula is C35H32N2O5S. The molecule has 4 aromatic rings. The molecule has 0 aliphatic carbocycles. The van der Waals surface area contributed by atoms with Gasteiger partial charge in [0.15, 0.2) is 6.04 Å². The van der Waals surface area contributed by atoms with Crippen molar-refractivity contribution in [3.63, 3.8) is 0 Å². The van der Waals surface area contributed by atoms with Gasteiger partial charge in [-0.3, -0.25) is 9.59 Å². The Balaban J connectivity index is 1.26. The maximum Gasteiger partial charge on any atom is 0.333 e. The van der Waals surface area contributed by atoms with Crippen LogP contribution in [0.2, 0.25) is 0 Å². The number of hydrogen-bond acceptors (Lipinski definition) is 6. The zero-order chi connectivity index (χ0) is 30.0. The van der Waals surface area contributed by atoms with E-state index < -0.39 is 28.3 Å². The Morgan fingerprint density at radius 1 is 0.791 bits per heavy atom. The Labute approximate surface area is 255 Å². The zero-order valence-corrected chi connectivity index (χ0v) is 24.8. The molecule has 0 spiro atoms. The lowest BCUT2D eigenvalue weighted by atomic mass is 9.95. The van der Waals surface area contributed by atoms with Gasteiger partial charge in [0.1, 0.15) is 30.4 Å². The normalized spacial score (nSPS) is 19.3. The Hall–Kier alpha value is -4.56. The molecule has 4 aromatic carbocycles.